The molecule has 2 rings (SSSR count). The molecule has 0 bridgehead atoms. The van der Waals surface area contributed by atoms with E-state index in [1.807, 2.05) is 0 Å². The average molecular weight is 260 g/mol. The third kappa shape index (κ3) is 3.52. The van der Waals surface area contributed by atoms with Crippen molar-refractivity contribution >= 4 is 10.0 Å². The second-order valence-electron chi connectivity index (χ2n) is 4.50. The topological polar surface area (TPSA) is 92.4 Å². The van der Waals surface area contributed by atoms with Crippen LogP contribution in [0.5, 0.6) is 0 Å². The zero-order valence-corrected chi connectivity index (χ0v) is 10.2. The number of hydrogen-bond donors (Lipinski definition) is 2. The zero-order valence-electron chi connectivity index (χ0n) is 9.42. The van der Waals surface area contributed by atoms with Crippen molar-refractivity contribution in [2.45, 2.75) is 37.0 Å². The SMILES string of the molecule is O=S(=O)(Cc1ccon1)NCC1(O)CCCC1. The van der Waals surface area contributed by atoms with Crippen molar-refractivity contribution in [2.75, 3.05) is 6.54 Å². The molecule has 0 aliphatic heterocycles. The van der Waals surface area contributed by atoms with Crippen LogP contribution in [0.25, 0.3) is 0 Å². The second-order valence-corrected chi connectivity index (χ2v) is 6.31. The van der Waals surface area contributed by atoms with Gasteiger partial charge in [0.05, 0.1) is 11.3 Å². The van der Waals surface area contributed by atoms with Gasteiger partial charge in [0.1, 0.15) is 12.0 Å². The summed E-state index contributed by atoms with van der Waals surface area (Å²) in [5.74, 6) is -0.223. The van der Waals surface area contributed by atoms with Crippen LogP contribution in [0.4, 0.5) is 0 Å². The standard InChI is InChI=1S/C10H16N2O4S/c13-10(4-1-2-5-10)8-11-17(14,15)7-9-3-6-16-12-9/h3,6,11,13H,1-2,4-5,7-8H2. The molecule has 0 amide bonds. The molecular formula is C10H16N2O4S. The first kappa shape index (κ1) is 12.5. The maximum absolute atomic E-state index is 11.7. The van der Waals surface area contributed by atoms with Gasteiger partial charge in [0.25, 0.3) is 0 Å². The highest BCUT2D eigenvalue weighted by molar-refractivity contribution is 7.88. The first-order valence-electron chi connectivity index (χ1n) is 5.58. The van der Waals surface area contributed by atoms with Gasteiger partial charge in [-0.1, -0.05) is 18.0 Å². The van der Waals surface area contributed by atoms with E-state index in [0.717, 1.165) is 12.8 Å². The quantitative estimate of drug-likeness (QED) is 0.799. The molecule has 0 spiro atoms. The van der Waals surface area contributed by atoms with Crippen LogP contribution in [-0.4, -0.2) is 30.8 Å². The summed E-state index contributed by atoms with van der Waals surface area (Å²) < 4.78 is 30.4. The van der Waals surface area contributed by atoms with Gasteiger partial charge < -0.3 is 9.63 Å². The van der Waals surface area contributed by atoms with Crippen molar-refractivity contribution in [3.63, 3.8) is 0 Å². The molecule has 1 fully saturated rings. The molecule has 96 valence electrons. The van der Waals surface area contributed by atoms with E-state index in [2.05, 4.69) is 14.4 Å². The van der Waals surface area contributed by atoms with Gasteiger partial charge in [0.15, 0.2) is 0 Å². The van der Waals surface area contributed by atoms with Crippen LogP contribution in [0.3, 0.4) is 0 Å². The van der Waals surface area contributed by atoms with Gasteiger partial charge >= 0.3 is 0 Å². The summed E-state index contributed by atoms with van der Waals surface area (Å²) in [5.41, 5.74) is -0.521. The van der Waals surface area contributed by atoms with E-state index in [0.29, 0.717) is 18.5 Å². The lowest BCUT2D eigenvalue weighted by Crippen LogP contribution is -2.41. The lowest BCUT2D eigenvalue weighted by atomic mass is 10.0. The Hall–Kier alpha value is -0.920. The summed E-state index contributed by atoms with van der Waals surface area (Å²) in [7, 11) is -3.46. The first-order chi connectivity index (χ1) is 7.99. The number of nitrogens with one attached hydrogen (secondary N) is 1. The van der Waals surface area contributed by atoms with Crippen molar-refractivity contribution in [1.29, 1.82) is 0 Å². The summed E-state index contributed by atoms with van der Waals surface area (Å²) >= 11 is 0. The fourth-order valence-electron chi connectivity index (χ4n) is 2.01. The molecule has 0 atom stereocenters. The van der Waals surface area contributed by atoms with E-state index in [1.54, 1.807) is 0 Å². The van der Waals surface area contributed by atoms with Crippen LogP contribution < -0.4 is 4.72 Å². The van der Waals surface area contributed by atoms with E-state index >= 15 is 0 Å². The van der Waals surface area contributed by atoms with Crippen LogP contribution >= 0.6 is 0 Å². The normalized spacial score (nSPS) is 19.6. The van der Waals surface area contributed by atoms with Crippen LogP contribution in [-0.2, 0) is 15.8 Å². The molecule has 2 N–H and O–H groups in total. The number of rotatable bonds is 5. The highest BCUT2D eigenvalue weighted by Gasteiger charge is 2.32. The maximum Gasteiger partial charge on any atom is 0.217 e. The van der Waals surface area contributed by atoms with Crippen LogP contribution in [0.1, 0.15) is 31.4 Å². The van der Waals surface area contributed by atoms with Crippen molar-refractivity contribution in [2.24, 2.45) is 0 Å². The summed E-state index contributed by atoms with van der Waals surface area (Å²) in [4.78, 5) is 0. The van der Waals surface area contributed by atoms with Crippen molar-refractivity contribution < 1.29 is 18.0 Å². The van der Waals surface area contributed by atoms with E-state index in [4.69, 9.17) is 0 Å². The highest BCUT2D eigenvalue weighted by atomic mass is 32.2. The fourth-order valence-corrected chi connectivity index (χ4v) is 3.14. The molecule has 0 aromatic carbocycles. The molecule has 1 aromatic rings. The predicted octanol–water partition coefficient (Wildman–Crippen LogP) is 0.399. The van der Waals surface area contributed by atoms with Gasteiger partial charge in [0.2, 0.25) is 10.0 Å². The Morgan fingerprint density at radius 2 is 2.18 bits per heavy atom. The molecule has 7 heteroatoms. The Kier molecular flexibility index (Phi) is 3.50. The molecule has 17 heavy (non-hydrogen) atoms. The zero-order chi connectivity index (χ0) is 12.4. The van der Waals surface area contributed by atoms with Crippen molar-refractivity contribution in [1.82, 2.24) is 9.88 Å². The average Bonchev–Trinajstić information content (AvgIpc) is 2.88. The van der Waals surface area contributed by atoms with Crippen LogP contribution in [0.2, 0.25) is 0 Å². The minimum Gasteiger partial charge on any atom is -0.389 e. The largest absolute Gasteiger partial charge is 0.389 e. The van der Waals surface area contributed by atoms with Crippen LogP contribution in [0, 0.1) is 0 Å². The number of aliphatic hydroxyl groups is 1. The molecule has 0 saturated heterocycles. The van der Waals surface area contributed by atoms with Crippen molar-refractivity contribution in [3.8, 4) is 0 Å². The molecule has 0 radical (unpaired) electrons. The molecule has 1 aliphatic rings. The van der Waals surface area contributed by atoms with Crippen molar-refractivity contribution in [3.05, 3.63) is 18.0 Å². The molecular weight excluding hydrogens is 244 g/mol. The molecule has 6 nitrogen and oxygen atoms in total. The number of aromatic nitrogens is 1. The van der Waals surface area contributed by atoms with Gasteiger partial charge in [-0.15, -0.1) is 0 Å². The molecule has 1 heterocycles. The summed E-state index contributed by atoms with van der Waals surface area (Å²) in [6.45, 7) is 0.0766. The van der Waals surface area contributed by atoms with E-state index in [1.165, 1.54) is 12.3 Å². The third-order valence-corrected chi connectivity index (χ3v) is 4.24. The first-order valence-corrected chi connectivity index (χ1v) is 7.23. The monoisotopic (exact) mass is 260 g/mol. The third-order valence-electron chi connectivity index (χ3n) is 2.98. The Morgan fingerprint density at radius 1 is 1.47 bits per heavy atom. The summed E-state index contributed by atoms with van der Waals surface area (Å²) in [6.07, 6.45) is 4.53. The van der Waals surface area contributed by atoms with Crippen LogP contribution in [0.15, 0.2) is 16.9 Å². The number of nitrogens with zero attached hydrogens (tertiary/aromatic N) is 1. The van der Waals surface area contributed by atoms with Gasteiger partial charge in [-0.3, -0.25) is 0 Å². The smallest absolute Gasteiger partial charge is 0.217 e. The van der Waals surface area contributed by atoms with E-state index < -0.39 is 15.6 Å². The van der Waals surface area contributed by atoms with E-state index in [-0.39, 0.29) is 12.3 Å². The van der Waals surface area contributed by atoms with Gasteiger partial charge in [-0.25, -0.2) is 13.1 Å². The number of sulfonamides is 1. The molecule has 1 saturated carbocycles. The summed E-state index contributed by atoms with van der Waals surface area (Å²) in [6, 6.07) is 1.50. The van der Waals surface area contributed by atoms with Gasteiger partial charge in [-0.05, 0) is 12.8 Å². The minimum absolute atomic E-state index is 0.0766. The van der Waals surface area contributed by atoms with Gasteiger partial charge in [-0.2, -0.15) is 0 Å². The lowest BCUT2D eigenvalue weighted by Gasteiger charge is -2.22. The Morgan fingerprint density at radius 3 is 2.76 bits per heavy atom. The maximum atomic E-state index is 11.7. The van der Waals surface area contributed by atoms with E-state index in [9.17, 15) is 13.5 Å². The fraction of sp³-hybridized carbons (Fsp3) is 0.700. The lowest BCUT2D eigenvalue weighted by molar-refractivity contribution is 0.0531. The number of hydrogen-bond acceptors (Lipinski definition) is 5. The van der Waals surface area contributed by atoms with Gasteiger partial charge in [0, 0.05) is 12.6 Å². The minimum atomic E-state index is -3.46. The second kappa shape index (κ2) is 4.75. The Balaban J connectivity index is 1.89. The molecule has 1 aromatic heterocycles. The Labute approximate surface area is 100 Å². The highest BCUT2D eigenvalue weighted by Crippen LogP contribution is 2.28. The summed E-state index contributed by atoms with van der Waals surface area (Å²) in [5, 5.41) is 13.6. The predicted molar refractivity (Wildman–Crippen MR) is 60.5 cm³/mol. The molecule has 0 unspecified atom stereocenters. The molecule has 1 aliphatic carbocycles. The Bertz CT molecular complexity index is 449.